The summed E-state index contributed by atoms with van der Waals surface area (Å²) in [6.45, 7) is 2.72. The van der Waals surface area contributed by atoms with Gasteiger partial charge in [0.25, 0.3) is 5.91 Å². The van der Waals surface area contributed by atoms with Crippen molar-refractivity contribution >= 4 is 22.5 Å². The molecular weight excluding hydrogens is 364 g/mol. The normalized spacial score (nSPS) is 19.3. The molecule has 1 aromatic heterocycles. The Balaban J connectivity index is 1.48. The van der Waals surface area contributed by atoms with Crippen LogP contribution in [0.15, 0.2) is 34.5 Å². The van der Waals surface area contributed by atoms with E-state index < -0.39 is 0 Å². The predicted molar refractivity (Wildman–Crippen MR) is 114 cm³/mol. The number of benzene rings is 1. The summed E-state index contributed by atoms with van der Waals surface area (Å²) in [4.78, 5) is 14.6. The van der Waals surface area contributed by atoms with Gasteiger partial charge in [-0.05, 0) is 44.3 Å². The number of para-hydroxylation sites is 1. The number of fused-ring (bicyclic) bond motifs is 1. The van der Waals surface area contributed by atoms with Crippen molar-refractivity contribution in [1.82, 2.24) is 9.47 Å². The predicted octanol–water partition coefficient (Wildman–Crippen LogP) is 5.76. The molecule has 0 bridgehead atoms. The number of carbonyl (C=O) groups excluding carboxylic acids is 1. The van der Waals surface area contributed by atoms with E-state index in [1.165, 1.54) is 51.4 Å². The van der Waals surface area contributed by atoms with Crippen LogP contribution in [0.4, 0.5) is 5.69 Å². The van der Waals surface area contributed by atoms with Crippen LogP contribution in [0.3, 0.4) is 0 Å². The molecule has 0 atom stereocenters. The van der Waals surface area contributed by atoms with E-state index in [1.807, 2.05) is 28.8 Å². The molecule has 29 heavy (non-hydrogen) atoms. The number of rotatable bonds is 6. The van der Waals surface area contributed by atoms with Gasteiger partial charge in [-0.2, -0.15) is 0 Å². The highest BCUT2D eigenvalue weighted by Crippen LogP contribution is 2.39. The van der Waals surface area contributed by atoms with E-state index in [0.717, 1.165) is 30.4 Å². The summed E-state index contributed by atoms with van der Waals surface area (Å²) in [7, 11) is 0. The zero-order valence-corrected chi connectivity index (χ0v) is 17.2. The van der Waals surface area contributed by atoms with Crippen LogP contribution in [-0.4, -0.2) is 33.6 Å². The summed E-state index contributed by atoms with van der Waals surface area (Å²) >= 11 is 0. The quantitative estimate of drug-likeness (QED) is 0.631. The minimum Gasteiger partial charge on any atom is -0.493 e. The minimum atomic E-state index is -0.192. The van der Waals surface area contributed by atoms with Crippen LogP contribution in [0.25, 0.3) is 10.9 Å². The molecule has 0 spiro atoms. The van der Waals surface area contributed by atoms with E-state index in [9.17, 15) is 9.90 Å². The lowest BCUT2D eigenvalue weighted by molar-refractivity contribution is -0.118. The molecule has 156 valence electrons. The molecule has 1 aliphatic heterocycles. The fourth-order valence-corrected chi connectivity index (χ4v) is 4.77. The Kier molecular flexibility index (Phi) is 6.60. The van der Waals surface area contributed by atoms with E-state index in [4.69, 9.17) is 0 Å². The van der Waals surface area contributed by atoms with E-state index in [2.05, 4.69) is 15.1 Å². The summed E-state index contributed by atoms with van der Waals surface area (Å²) in [6.07, 6.45) is 11.4. The molecule has 1 N–H and O–H groups in total. The van der Waals surface area contributed by atoms with Gasteiger partial charge in [0.15, 0.2) is 5.69 Å². The maximum atomic E-state index is 12.3. The van der Waals surface area contributed by atoms with Crippen molar-refractivity contribution < 1.29 is 9.90 Å². The zero-order chi connectivity index (χ0) is 20.1. The maximum Gasteiger partial charge on any atom is 0.264 e. The Morgan fingerprint density at radius 1 is 1.03 bits per heavy atom. The number of hydrogen-bond acceptors (Lipinski definition) is 4. The molecular formula is C23H32N4O2. The molecule has 6 heteroatoms. The molecule has 1 aliphatic carbocycles. The van der Waals surface area contributed by atoms with Gasteiger partial charge < -0.3 is 5.11 Å². The fraction of sp³-hybridized carbons (Fsp3) is 0.609. The molecule has 0 radical (unpaired) electrons. The molecule has 2 fully saturated rings. The van der Waals surface area contributed by atoms with E-state index in [-0.39, 0.29) is 11.8 Å². The van der Waals surface area contributed by atoms with Crippen LogP contribution in [0.1, 0.15) is 64.2 Å². The molecule has 2 aliphatic rings. The SMILES string of the molecule is O=C(CCC1CCCCC1)N=Nc1c(O)n(CN2CCCCC2)c2ccccc12. The first kappa shape index (κ1) is 20.1. The largest absolute Gasteiger partial charge is 0.493 e. The van der Waals surface area contributed by atoms with Crippen LogP contribution in [0, 0.1) is 5.92 Å². The number of nitrogens with zero attached hydrogens (tertiary/aromatic N) is 4. The van der Waals surface area contributed by atoms with Crippen LogP contribution in [0.5, 0.6) is 5.88 Å². The van der Waals surface area contributed by atoms with Gasteiger partial charge in [0.05, 0.1) is 12.2 Å². The van der Waals surface area contributed by atoms with Crippen molar-refractivity contribution in [2.24, 2.45) is 16.1 Å². The van der Waals surface area contributed by atoms with Gasteiger partial charge in [-0.3, -0.25) is 14.3 Å². The number of carbonyl (C=O) groups is 1. The molecule has 1 amide bonds. The Morgan fingerprint density at radius 2 is 1.76 bits per heavy atom. The molecule has 6 nitrogen and oxygen atoms in total. The van der Waals surface area contributed by atoms with Gasteiger partial charge in [0, 0.05) is 11.8 Å². The Bertz CT molecular complexity index is 861. The van der Waals surface area contributed by atoms with Crippen molar-refractivity contribution in [3.63, 3.8) is 0 Å². The third-order valence-electron chi connectivity index (χ3n) is 6.46. The standard InChI is InChI=1S/C23H32N4O2/c28-21(14-13-18-9-3-1-4-10-18)24-25-22-19-11-5-6-12-20(19)27(23(22)29)17-26-15-7-2-8-16-26/h5-6,11-12,18,29H,1-4,7-10,13-17H2. The molecule has 2 heterocycles. The monoisotopic (exact) mass is 396 g/mol. The number of aromatic nitrogens is 1. The number of piperidine rings is 1. The van der Waals surface area contributed by atoms with Crippen molar-refractivity contribution in [2.75, 3.05) is 13.1 Å². The molecule has 4 rings (SSSR count). The third-order valence-corrected chi connectivity index (χ3v) is 6.46. The first-order valence-electron chi connectivity index (χ1n) is 11.2. The first-order chi connectivity index (χ1) is 14.2. The lowest BCUT2D eigenvalue weighted by atomic mass is 9.86. The van der Waals surface area contributed by atoms with Crippen molar-refractivity contribution in [3.8, 4) is 5.88 Å². The van der Waals surface area contributed by atoms with Crippen molar-refractivity contribution in [3.05, 3.63) is 24.3 Å². The zero-order valence-electron chi connectivity index (χ0n) is 17.2. The summed E-state index contributed by atoms with van der Waals surface area (Å²) in [5.41, 5.74) is 1.34. The van der Waals surface area contributed by atoms with Gasteiger partial charge in [-0.25, -0.2) is 0 Å². The second-order valence-corrected chi connectivity index (χ2v) is 8.57. The number of likely N-dealkylation sites (tertiary alicyclic amines) is 1. The Hall–Kier alpha value is -2.21. The lowest BCUT2D eigenvalue weighted by Crippen LogP contribution is -2.31. The molecule has 2 aromatic rings. The van der Waals surface area contributed by atoms with Gasteiger partial charge in [0.1, 0.15) is 0 Å². The van der Waals surface area contributed by atoms with Gasteiger partial charge in [0.2, 0.25) is 5.88 Å². The van der Waals surface area contributed by atoms with E-state index in [0.29, 0.717) is 24.7 Å². The van der Waals surface area contributed by atoms with E-state index in [1.54, 1.807) is 0 Å². The van der Waals surface area contributed by atoms with Gasteiger partial charge >= 0.3 is 0 Å². The summed E-state index contributed by atoms with van der Waals surface area (Å²) in [6, 6.07) is 7.81. The lowest BCUT2D eigenvalue weighted by Gasteiger charge is -2.27. The highest BCUT2D eigenvalue weighted by Gasteiger charge is 2.20. The average Bonchev–Trinajstić information content (AvgIpc) is 3.03. The Morgan fingerprint density at radius 3 is 2.55 bits per heavy atom. The number of hydrogen-bond donors (Lipinski definition) is 1. The molecule has 0 unspecified atom stereocenters. The second-order valence-electron chi connectivity index (χ2n) is 8.57. The summed E-state index contributed by atoms with van der Waals surface area (Å²) < 4.78 is 1.89. The van der Waals surface area contributed by atoms with Gasteiger partial charge in [-0.1, -0.05) is 56.7 Å². The molecule has 1 saturated heterocycles. The topological polar surface area (TPSA) is 70.2 Å². The summed E-state index contributed by atoms with van der Waals surface area (Å²) in [5, 5.41) is 19.8. The van der Waals surface area contributed by atoms with Crippen molar-refractivity contribution in [1.29, 1.82) is 0 Å². The number of aromatic hydroxyl groups is 1. The third kappa shape index (κ3) is 4.86. The number of azo groups is 1. The highest BCUT2D eigenvalue weighted by molar-refractivity contribution is 5.95. The Labute approximate surface area is 172 Å². The molecule has 1 saturated carbocycles. The van der Waals surface area contributed by atoms with Crippen LogP contribution < -0.4 is 0 Å². The number of amides is 1. The average molecular weight is 397 g/mol. The second kappa shape index (κ2) is 9.53. The highest BCUT2D eigenvalue weighted by atomic mass is 16.3. The van der Waals surface area contributed by atoms with Crippen LogP contribution >= 0.6 is 0 Å². The fourth-order valence-electron chi connectivity index (χ4n) is 4.77. The minimum absolute atomic E-state index is 0.0978. The first-order valence-corrected chi connectivity index (χ1v) is 11.2. The molecule has 1 aromatic carbocycles. The smallest absolute Gasteiger partial charge is 0.264 e. The van der Waals surface area contributed by atoms with Crippen LogP contribution in [-0.2, 0) is 11.5 Å². The van der Waals surface area contributed by atoms with Gasteiger partial charge in [-0.15, -0.1) is 10.2 Å². The van der Waals surface area contributed by atoms with Crippen LogP contribution in [0.2, 0.25) is 0 Å². The van der Waals surface area contributed by atoms with E-state index >= 15 is 0 Å². The summed E-state index contributed by atoms with van der Waals surface area (Å²) in [5.74, 6) is 0.561. The van der Waals surface area contributed by atoms with Crippen molar-refractivity contribution in [2.45, 2.75) is 70.9 Å². The maximum absolute atomic E-state index is 12.3.